The van der Waals surface area contributed by atoms with E-state index in [0.717, 1.165) is 10.4 Å². The summed E-state index contributed by atoms with van der Waals surface area (Å²) in [6.45, 7) is 8.88. The Morgan fingerprint density at radius 1 is 1.10 bits per heavy atom. The molecule has 2 fully saturated rings. The van der Waals surface area contributed by atoms with Crippen molar-refractivity contribution in [3.63, 3.8) is 0 Å². The molecule has 166 valence electrons. The molecule has 5 atom stereocenters. The quantitative estimate of drug-likeness (QED) is 0.475. The van der Waals surface area contributed by atoms with E-state index in [1.807, 2.05) is 52.0 Å². The summed E-state index contributed by atoms with van der Waals surface area (Å²) in [6.07, 6.45) is -3.50. The zero-order valence-electron chi connectivity index (χ0n) is 17.9. The first-order valence-corrected chi connectivity index (χ1v) is 10.8. The number of aliphatic hydroxyl groups is 3. The van der Waals surface area contributed by atoms with Gasteiger partial charge in [0, 0.05) is 11.8 Å². The summed E-state index contributed by atoms with van der Waals surface area (Å²) in [5.41, 5.74) is -0.664. The molecule has 3 rings (SSSR count). The number of aliphatic hydroxyl groups excluding tert-OH is 3. The normalized spacial score (nSPS) is 32.8. The molecule has 0 aromatic heterocycles. The maximum absolute atomic E-state index is 11.6. The largest absolute Gasteiger partial charge is 0.494 e. The van der Waals surface area contributed by atoms with Crippen molar-refractivity contribution in [3.05, 3.63) is 24.3 Å². The van der Waals surface area contributed by atoms with Gasteiger partial charge in [-0.1, -0.05) is 23.9 Å². The van der Waals surface area contributed by atoms with E-state index in [1.54, 1.807) is 0 Å². The van der Waals surface area contributed by atoms with Gasteiger partial charge in [0.25, 0.3) is 0 Å². The Labute approximate surface area is 181 Å². The van der Waals surface area contributed by atoms with Crippen molar-refractivity contribution in [1.82, 2.24) is 5.32 Å². The summed E-state index contributed by atoms with van der Waals surface area (Å²) in [7, 11) is -0.470. The second kappa shape index (κ2) is 8.78. The van der Waals surface area contributed by atoms with Crippen LogP contribution in [-0.4, -0.2) is 75.9 Å². The number of carbonyl (C=O) groups excluding carboxylic acids is 1. The molecule has 0 saturated carbocycles. The zero-order chi connectivity index (χ0) is 22.3. The Kier molecular flexibility index (Phi) is 6.88. The third-order valence-corrected chi connectivity index (χ3v) is 7.09. The number of hydrogen-bond acceptors (Lipinski definition) is 8. The zero-order valence-corrected chi connectivity index (χ0v) is 18.7. The molecule has 30 heavy (non-hydrogen) atoms. The van der Waals surface area contributed by atoms with Crippen LogP contribution in [0, 0.1) is 0 Å². The van der Waals surface area contributed by atoms with Crippen molar-refractivity contribution in [2.24, 2.45) is 0 Å². The molecule has 0 bridgehead atoms. The van der Waals surface area contributed by atoms with Gasteiger partial charge >= 0.3 is 7.12 Å². The molecule has 2 saturated heterocycles. The predicted molar refractivity (Wildman–Crippen MR) is 113 cm³/mol. The standard InChI is InChI=1S/C20H30BNO7S/c1-11(24)22-15-17(26)16(25)14(10-23)27-18(15)30-13-8-6-12(7-9-13)21-28-19(2,3)20(4,5)29-21/h6-9,14-18,23,25-26H,10H2,1-5H3,(H,22,24)/t14?,15-,16?,17?,18?/m0/s1. The summed E-state index contributed by atoms with van der Waals surface area (Å²) in [5.74, 6) is -0.348. The molecule has 1 aromatic rings. The molecular weight excluding hydrogens is 409 g/mol. The lowest BCUT2D eigenvalue weighted by atomic mass is 9.79. The summed E-state index contributed by atoms with van der Waals surface area (Å²) in [4.78, 5) is 12.4. The van der Waals surface area contributed by atoms with Crippen molar-refractivity contribution in [1.29, 1.82) is 0 Å². The smallest absolute Gasteiger partial charge is 0.399 e. The minimum atomic E-state index is -1.30. The Morgan fingerprint density at radius 3 is 2.17 bits per heavy atom. The molecule has 2 aliphatic heterocycles. The number of benzene rings is 1. The van der Waals surface area contributed by atoms with Gasteiger partial charge in [0.2, 0.25) is 5.91 Å². The minimum absolute atomic E-state index is 0.348. The monoisotopic (exact) mass is 439 g/mol. The summed E-state index contributed by atoms with van der Waals surface area (Å²) in [5, 5.41) is 32.6. The number of thioether (sulfide) groups is 1. The number of amides is 1. The van der Waals surface area contributed by atoms with Gasteiger partial charge in [-0.3, -0.25) is 4.79 Å². The van der Waals surface area contributed by atoms with Crippen LogP contribution in [0.25, 0.3) is 0 Å². The average Bonchev–Trinajstić information content (AvgIpc) is 2.89. The van der Waals surface area contributed by atoms with E-state index in [4.69, 9.17) is 14.0 Å². The van der Waals surface area contributed by atoms with E-state index >= 15 is 0 Å². The SMILES string of the molecule is CC(=O)N[C@@H]1C(Sc2ccc(B3OC(C)(C)C(C)(C)O3)cc2)OC(CO)C(O)C1O. The molecule has 2 heterocycles. The van der Waals surface area contributed by atoms with Gasteiger partial charge in [0.15, 0.2) is 0 Å². The van der Waals surface area contributed by atoms with Gasteiger partial charge in [0.1, 0.15) is 23.7 Å². The van der Waals surface area contributed by atoms with Crippen LogP contribution < -0.4 is 10.8 Å². The molecule has 2 aliphatic rings. The molecule has 0 radical (unpaired) electrons. The van der Waals surface area contributed by atoms with Gasteiger partial charge in [-0.05, 0) is 45.3 Å². The lowest BCUT2D eigenvalue weighted by Gasteiger charge is -2.42. The van der Waals surface area contributed by atoms with Gasteiger partial charge in [-0.25, -0.2) is 0 Å². The number of rotatable bonds is 5. The maximum atomic E-state index is 11.6. The van der Waals surface area contributed by atoms with Crippen LogP contribution >= 0.6 is 11.8 Å². The first-order chi connectivity index (χ1) is 13.9. The molecule has 4 N–H and O–H groups in total. The van der Waals surface area contributed by atoms with Crippen molar-refractivity contribution < 1.29 is 34.2 Å². The highest BCUT2D eigenvalue weighted by molar-refractivity contribution is 7.99. The number of nitrogens with one attached hydrogen (secondary N) is 1. The highest BCUT2D eigenvalue weighted by Gasteiger charge is 2.51. The first-order valence-electron chi connectivity index (χ1n) is 9.97. The molecule has 1 aromatic carbocycles. The second-order valence-electron chi connectivity index (χ2n) is 8.71. The Bertz CT molecular complexity index is 744. The topological polar surface area (TPSA) is 117 Å². The second-order valence-corrected chi connectivity index (χ2v) is 9.88. The van der Waals surface area contributed by atoms with Crippen LogP contribution in [0.4, 0.5) is 0 Å². The fourth-order valence-electron chi connectivity index (χ4n) is 3.39. The molecule has 1 amide bonds. The molecule has 0 spiro atoms. The van der Waals surface area contributed by atoms with Crippen LogP contribution in [0.2, 0.25) is 0 Å². The maximum Gasteiger partial charge on any atom is 0.494 e. The fourth-order valence-corrected chi connectivity index (χ4v) is 4.52. The Hall–Kier alpha value is -1.14. The van der Waals surface area contributed by atoms with E-state index in [9.17, 15) is 20.1 Å². The Morgan fingerprint density at radius 2 is 1.67 bits per heavy atom. The number of hydrogen-bond donors (Lipinski definition) is 4. The third-order valence-electron chi connectivity index (χ3n) is 5.91. The van der Waals surface area contributed by atoms with Crippen molar-refractivity contribution in [3.8, 4) is 0 Å². The molecular formula is C20H30BNO7S. The fraction of sp³-hybridized carbons (Fsp3) is 0.650. The Balaban J connectivity index is 1.74. The van der Waals surface area contributed by atoms with E-state index in [2.05, 4.69) is 5.32 Å². The van der Waals surface area contributed by atoms with Gasteiger partial charge in [-0.2, -0.15) is 0 Å². The van der Waals surface area contributed by atoms with E-state index in [-0.39, 0.29) is 5.91 Å². The molecule has 4 unspecified atom stereocenters. The van der Waals surface area contributed by atoms with E-state index in [0.29, 0.717) is 0 Å². The van der Waals surface area contributed by atoms with Crippen LogP contribution in [0.1, 0.15) is 34.6 Å². The van der Waals surface area contributed by atoms with Crippen LogP contribution in [-0.2, 0) is 18.8 Å². The third kappa shape index (κ3) is 4.70. The number of carbonyl (C=O) groups is 1. The lowest BCUT2D eigenvalue weighted by molar-refractivity contribution is -0.173. The van der Waals surface area contributed by atoms with Gasteiger partial charge in [0.05, 0.1) is 23.9 Å². The number of ether oxygens (including phenoxy) is 1. The minimum Gasteiger partial charge on any atom is -0.399 e. The highest BCUT2D eigenvalue weighted by atomic mass is 32.2. The molecule has 10 heteroatoms. The van der Waals surface area contributed by atoms with E-state index in [1.165, 1.54) is 18.7 Å². The summed E-state index contributed by atoms with van der Waals surface area (Å²) < 4.78 is 17.9. The predicted octanol–water partition coefficient (Wildman–Crippen LogP) is 0.0216. The average molecular weight is 439 g/mol. The van der Waals surface area contributed by atoms with Gasteiger partial charge < -0.3 is 34.7 Å². The van der Waals surface area contributed by atoms with Crippen molar-refractivity contribution in [2.45, 2.75) is 80.5 Å². The van der Waals surface area contributed by atoms with Crippen molar-refractivity contribution >= 4 is 30.3 Å². The van der Waals surface area contributed by atoms with Crippen LogP contribution in [0.15, 0.2) is 29.2 Å². The molecule has 0 aliphatic carbocycles. The van der Waals surface area contributed by atoms with E-state index < -0.39 is 54.7 Å². The van der Waals surface area contributed by atoms with Gasteiger partial charge in [-0.15, -0.1) is 0 Å². The van der Waals surface area contributed by atoms with Crippen molar-refractivity contribution in [2.75, 3.05) is 6.61 Å². The first kappa shape index (κ1) is 23.5. The summed E-state index contributed by atoms with van der Waals surface area (Å²) >= 11 is 1.29. The lowest BCUT2D eigenvalue weighted by Crippen LogP contribution is -2.63. The highest BCUT2D eigenvalue weighted by Crippen LogP contribution is 2.37. The summed E-state index contributed by atoms with van der Waals surface area (Å²) in [6, 6.07) is 6.73. The van der Waals surface area contributed by atoms with Crippen LogP contribution in [0.3, 0.4) is 0 Å². The van der Waals surface area contributed by atoms with Crippen LogP contribution in [0.5, 0.6) is 0 Å². The molecule has 8 nitrogen and oxygen atoms in total.